The van der Waals surface area contributed by atoms with Crippen LogP contribution in [0.5, 0.6) is 0 Å². The van der Waals surface area contributed by atoms with Crippen LogP contribution >= 0.6 is 11.3 Å². The van der Waals surface area contributed by atoms with Gasteiger partial charge in [0.05, 0.1) is 12.8 Å². The molecule has 0 spiro atoms. The highest BCUT2D eigenvalue weighted by atomic mass is 32.1. The lowest BCUT2D eigenvalue weighted by Gasteiger charge is -2.12. The van der Waals surface area contributed by atoms with Crippen LogP contribution < -0.4 is 5.32 Å². The van der Waals surface area contributed by atoms with Crippen molar-refractivity contribution < 1.29 is 18.7 Å². The largest absolute Gasteiger partial charge is 0.467 e. The summed E-state index contributed by atoms with van der Waals surface area (Å²) in [4.78, 5) is 29.4. The van der Waals surface area contributed by atoms with Crippen molar-refractivity contribution in [2.75, 3.05) is 11.9 Å². The van der Waals surface area contributed by atoms with Gasteiger partial charge in [-0.1, -0.05) is 6.08 Å². The molecule has 0 radical (unpaired) electrons. The fourth-order valence-electron chi connectivity index (χ4n) is 2.95. The maximum absolute atomic E-state index is 12.9. The summed E-state index contributed by atoms with van der Waals surface area (Å²) in [5.74, 6) is -0.0785. The van der Waals surface area contributed by atoms with Gasteiger partial charge in [0.2, 0.25) is 5.78 Å². The van der Waals surface area contributed by atoms with Crippen LogP contribution in [-0.4, -0.2) is 34.0 Å². The fraction of sp³-hybridized carbons (Fsp3) is 0.286. The van der Waals surface area contributed by atoms with Crippen LogP contribution in [0.1, 0.15) is 44.9 Å². The second-order valence-electron chi connectivity index (χ2n) is 6.57. The van der Waals surface area contributed by atoms with Crippen molar-refractivity contribution in [1.29, 1.82) is 0 Å². The number of anilines is 1. The normalized spacial score (nSPS) is 11.8. The summed E-state index contributed by atoms with van der Waals surface area (Å²) in [7, 11) is 0. The fourth-order valence-corrected chi connectivity index (χ4v) is 3.64. The van der Waals surface area contributed by atoms with E-state index in [0.29, 0.717) is 23.8 Å². The van der Waals surface area contributed by atoms with Gasteiger partial charge in [-0.3, -0.25) is 4.79 Å². The summed E-state index contributed by atoms with van der Waals surface area (Å²) in [6, 6.07) is 5.52. The van der Waals surface area contributed by atoms with Gasteiger partial charge in [-0.2, -0.15) is 0 Å². The van der Waals surface area contributed by atoms with Crippen molar-refractivity contribution in [3.8, 4) is 0 Å². The molecule has 3 heterocycles. The minimum atomic E-state index is -0.925. The maximum atomic E-state index is 12.9. The van der Waals surface area contributed by atoms with Gasteiger partial charge < -0.3 is 19.0 Å². The second kappa shape index (κ2) is 8.91. The first-order valence-electron chi connectivity index (χ1n) is 9.15. The third-order valence-electron chi connectivity index (χ3n) is 4.50. The number of aromatic nitrogens is 2. The Balaban J connectivity index is 1.69. The van der Waals surface area contributed by atoms with Gasteiger partial charge in [-0.15, -0.1) is 17.9 Å². The number of hydrogen-bond acceptors (Lipinski definition) is 7. The minimum absolute atomic E-state index is 0.171. The molecule has 1 atom stereocenters. The van der Waals surface area contributed by atoms with Crippen LogP contribution in [0.2, 0.25) is 0 Å². The predicted molar refractivity (Wildman–Crippen MR) is 112 cm³/mol. The highest BCUT2D eigenvalue weighted by molar-refractivity contribution is 7.13. The second-order valence-corrected chi connectivity index (χ2v) is 7.43. The average Bonchev–Trinajstić information content (AvgIpc) is 3.43. The van der Waals surface area contributed by atoms with Crippen LogP contribution in [0.4, 0.5) is 5.13 Å². The van der Waals surface area contributed by atoms with Crippen molar-refractivity contribution in [3.63, 3.8) is 0 Å². The molecule has 0 amide bonds. The summed E-state index contributed by atoms with van der Waals surface area (Å²) in [5.41, 5.74) is 2.43. The highest BCUT2D eigenvalue weighted by Crippen LogP contribution is 2.21. The van der Waals surface area contributed by atoms with Gasteiger partial charge in [0.15, 0.2) is 16.9 Å². The Morgan fingerprint density at radius 1 is 1.45 bits per heavy atom. The number of ketones is 1. The number of furan rings is 1. The maximum Gasteiger partial charge on any atom is 0.358 e. The van der Waals surface area contributed by atoms with Gasteiger partial charge in [0, 0.05) is 28.9 Å². The Labute approximate surface area is 173 Å². The van der Waals surface area contributed by atoms with E-state index >= 15 is 0 Å². The van der Waals surface area contributed by atoms with Crippen molar-refractivity contribution in [2.24, 2.45) is 0 Å². The molecule has 0 aromatic carbocycles. The van der Waals surface area contributed by atoms with Crippen molar-refractivity contribution >= 4 is 28.2 Å². The van der Waals surface area contributed by atoms with Crippen LogP contribution in [0.3, 0.4) is 0 Å². The monoisotopic (exact) mass is 413 g/mol. The molecule has 3 aromatic rings. The van der Waals surface area contributed by atoms with E-state index in [4.69, 9.17) is 9.15 Å². The van der Waals surface area contributed by atoms with Crippen molar-refractivity contribution in [2.45, 2.75) is 33.4 Å². The molecule has 7 nitrogen and oxygen atoms in total. The number of aryl methyl sites for hydroxylation is 1. The first kappa shape index (κ1) is 20.6. The molecule has 0 saturated heterocycles. The molecule has 0 fully saturated rings. The van der Waals surface area contributed by atoms with Gasteiger partial charge in [-0.25, -0.2) is 9.78 Å². The molecule has 3 aromatic heterocycles. The molecule has 0 saturated carbocycles. The molecule has 0 aliphatic heterocycles. The van der Waals surface area contributed by atoms with Crippen molar-refractivity contribution in [3.05, 3.63) is 70.9 Å². The summed E-state index contributed by atoms with van der Waals surface area (Å²) in [5, 5.41) is 5.20. The van der Waals surface area contributed by atoms with E-state index in [1.165, 1.54) is 11.3 Å². The summed E-state index contributed by atoms with van der Waals surface area (Å²) >= 11 is 1.29. The Bertz CT molecular complexity index is 1020. The Kier molecular flexibility index (Phi) is 6.33. The molecule has 1 N–H and O–H groups in total. The van der Waals surface area contributed by atoms with E-state index in [-0.39, 0.29) is 11.5 Å². The van der Waals surface area contributed by atoms with E-state index in [2.05, 4.69) is 16.9 Å². The van der Waals surface area contributed by atoms with Crippen LogP contribution in [0.25, 0.3) is 0 Å². The zero-order valence-electron chi connectivity index (χ0n) is 16.6. The van der Waals surface area contributed by atoms with E-state index in [9.17, 15) is 9.59 Å². The minimum Gasteiger partial charge on any atom is -0.467 e. The number of Topliss-reactive ketones (excluding diaryl/α,β-unsaturated/α-hetero) is 1. The number of carbonyl (C=O) groups is 2. The first-order chi connectivity index (χ1) is 13.9. The van der Waals surface area contributed by atoms with Gasteiger partial charge in [0.25, 0.3) is 0 Å². The molecular weight excluding hydrogens is 390 g/mol. The van der Waals surface area contributed by atoms with E-state index in [0.717, 1.165) is 17.1 Å². The molecule has 0 bridgehead atoms. The quantitative estimate of drug-likeness (QED) is 0.321. The summed E-state index contributed by atoms with van der Waals surface area (Å²) in [6.45, 7) is 10.1. The summed E-state index contributed by atoms with van der Waals surface area (Å²) < 4.78 is 12.8. The third-order valence-corrected chi connectivity index (χ3v) is 5.30. The predicted octanol–water partition coefficient (Wildman–Crippen LogP) is 4.23. The van der Waals surface area contributed by atoms with E-state index in [1.807, 2.05) is 36.6 Å². The molecule has 0 unspecified atom stereocenters. The highest BCUT2D eigenvalue weighted by Gasteiger charge is 2.25. The van der Waals surface area contributed by atoms with Crippen molar-refractivity contribution in [1.82, 2.24) is 9.55 Å². The summed E-state index contributed by atoms with van der Waals surface area (Å²) in [6.07, 6.45) is 2.39. The molecule has 3 rings (SSSR count). The molecule has 0 aliphatic carbocycles. The number of hydrogen-bond donors (Lipinski definition) is 1. The number of ether oxygens (including phenoxy) is 1. The number of carbonyl (C=O) groups excluding carboxylic acids is 2. The molecule has 29 heavy (non-hydrogen) atoms. The number of rotatable bonds is 9. The molecule has 8 heteroatoms. The van der Waals surface area contributed by atoms with E-state index in [1.54, 1.807) is 24.6 Å². The lowest BCUT2D eigenvalue weighted by Crippen LogP contribution is -2.25. The number of esters is 1. The zero-order valence-corrected chi connectivity index (χ0v) is 17.4. The smallest absolute Gasteiger partial charge is 0.358 e. The number of thiazole rings is 1. The van der Waals surface area contributed by atoms with Crippen LogP contribution in [-0.2, 0) is 11.3 Å². The number of nitrogens with zero attached hydrogens (tertiary/aromatic N) is 2. The van der Waals surface area contributed by atoms with Gasteiger partial charge >= 0.3 is 5.97 Å². The molecular formula is C21H23N3O4S. The standard InChI is InChI=1S/C21H23N3O4S/c1-5-8-22-21-23-18(12-29-21)20(26)28-15(4)19(25)17-10-13(2)24(14(17)3)11-16-7-6-9-27-16/h5-7,9-10,12,15H,1,8,11H2,2-4H3,(H,22,23)/t15-/m0/s1. The Hall–Kier alpha value is -3.13. The average molecular weight is 413 g/mol. The topological polar surface area (TPSA) is 86.4 Å². The lowest BCUT2D eigenvalue weighted by atomic mass is 10.1. The van der Waals surface area contributed by atoms with Gasteiger partial charge in [0.1, 0.15) is 5.76 Å². The van der Waals surface area contributed by atoms with E-state index < -0.39 is 12.1 Å². The zero-order chi connectivity index (χ0) is 21.0. The number of nitrogens with one attached hydrogen (secondary N) is 1. The first-order valence-corrected chi connectivity index (χ1v) is 10.0. The molecule has 152 valence electrons. The lowest BCUT2D eigenvalue weighted by molar-refractivity contribution is 0.0313. The van der Waals surface area contributed by atoms with Crippen LogP contribution in [0, 0.1) is 13.8 Å². The van der Waals surface area contributed by atoms with Crippen LogP contribution in [0.15, 0.2) is 46.9 Å². The molecule has 0 aliphatic rings. The third kappa shape index (κ3) is 4.65. The Morgan fingerprint density at radius 3 is 2.93 bits per heavy atom. The SMILES string of the molecule is C=CCNc1nc(C(=O)O[C@@H](C)C(=O)c2cc(C)n(Cc3ccco3)c2C)cs1. The van der Waals surface area contributed by atoms with Gasteiger partial charge in [-0.05, 0) is 39.0 Å². The Morgan fingerprint density at radius 2 is 2.24 bits per heavy atom.